The topological polar surface area (TPSA) is 46.0 Å². The Bertz CT molecular complexity index is 4060. The van der Waals surface area contributed by atoms with Gasteiger partial charge in [-0.25, -0.2) is 4.98 Å². The van der Waals surface area contributed by atoms with Crippen LogP contribution >= 0.6 is 0 Å². The van der Waals surface area contributed by atoms with Crippen molar-refractivity contribution in [3.8, 4) is 39.6 Å². The molecule has 316 valence electrons. The van der Waals surface area contributed by atoms with Crippen LogP contribution in [0.4, 0.5) is 22.7 Å². The van der Waals surface area contributed by atoms with E-state index in [0.29, 0.717) is 28.5 Å². The molecule has 0 atom stereocenters. The minimum atomic E-state index is -3.14. The summed E-state index contributed by atoms with van der Waals surface area (Å²) in [6.45, 7) is 6.07. The quantitative estimate of drug-likeness (QED) is 0.118. The second kappa shape index (κ2) is 16.4. The van der Waals surface area contributed by atoms with Gasteiger partial charge in [-0.15, -0.1) is 29.1 Å². The first-order chi connectivity index (χ1) is 37.3. The molecule has 1 aliphatic rings. The third kappa shape index (κ3) is 7.83. The molecule has 10 rings (SSSR count). The number of fused-ring (bicyclic) bond motifs is 4. The van der Waals surface area contributed by atoms with Crippen LogP contribution in [0.2, 0.25) is 0 Å². The predicted molar refractivity (Wildman–Crippen MR) is 259 cm³/mol. The number of pyridine rings is 2. The van der Waals surface area contributed by atoms with Crippen LogP contribution in [0, 0.1) is 25.8 Å². The van der Waals surface area contributed by atoms with E-state index in [-0.39, 0.29) is 37.9 Å². The Morgan fingerprint density at radius 1 is 0.672 bits per heavy atom. The fourth-order valence-corrected chi connectivity index (χ4v) is 7.59. The number of nitrogens with zero attached hydrogens (tertiary/aromatic N) is 5. The van der Waals surface area contributed by atoms with Gasteiger partial charge in [0.05, 0.1) is 37.9 Å². The van der Waals surface area contributed by atoms with Crippen LogP contribution in [-0.2, 0) is 31.9 Å². The molecule has 0 saturated carbocycles. The van der Waals surface area contributed by atoms with Gasteiger partial charge in [0, 0.05) is 44.2 Å². The van der Waals surface area contributed by atoms with Crippen molar-refractivity contribution >= 4 is 50.6 Å². The predicted octanol–water partition coefficient (Wildman–Crippen LogP) is 14.4. The second-order valence-electron chi connectivity index (χ2n) is 17.2. The molecule has 64 heavy (non-hydrogen) atoms. The minimum Gasteiger partial charge on any atom is -0.509 e. The van der Waals surface area contributed by atoms with Crippen molar-refractivity contribution in [2.24, 2.45) is 0 Å². The molecule has 0 unspecified atom stereocenters. The Balaban J connectivity index is 0.00000792. The summed E-state index contributed by atoms with van der Waals surface area (Å²) in [6.07, 6.45) is 5.26. The number of ether oxygens (including phenoxy) is 1. The first-order valence-electron chi connectivity index (χ1n) is 28.7. The molecule has 1 aliphatic heterocycles. The Morgan fingerprint density at radius 3 is 1.97 bits per heavy atom. The number of para-hydroxylation sites is 3. The largest absolute Gasteiger partial charge is 2.00 e. The van der Waals surface area contributed by atoms with Crippen LogP contribution in [0.3, 0.4) is 0 Å². The van der Waals surface area contributed by atoms with Gasteiger partial charge < -0.3 is 9.30 Å². The Hall–Kier alpha value is -6.71. The Kier molecular flexibility index (Phi) is 6.89. The van der Waals surface area contributed by atoms with Crippen molar-refractivity contribution in [3.05, 3.63) is 186 Å². The number of benzene rings is 6. The van der Waals surface area contributed by atoms with Crippen LogP contribution in [0.25, 0.3) is 49.9 Å². The zero-order chi connectivity index (χ0) is 58.2. The molecule has 0 N–H and O–H groups in total. The molecule has 0 saturated heterocycles. The zero-order valence-corrected chi connectivity index (χ0v) is 37.8. The molecule has 0 bridgehead atoms. The molecule has 0 fully saturated rings. The van der Waals surface area contributed by atoms with Gasteiger partial charge in [-0.3, -0.25) is 4.98 Å². The van der Waals surface area contributed by atoms with Gasteiger partial charge in [0.15, 0.2) is 0 Å². The van der Waals surface area contributed by atoms with E-state index in [9.17, 15) is 9.60 Å². The van der Waals surface area contributed by atoms with E-state index in [1.54, 1.807) is 53.5 Å². The van der Waals surface area contributed by atoms with Crippen molar-refractivity contribution < 1.29 is 49.1 Å². The third-order valence-electron chi connectivity index (χ3n) is 10.8. The second-order valence-corrected chi connectivity index (χ2v) is 17.2. The van der Waals surface area contributed by atoms with Crippen molar-refractivity contribution in [1.29, 1.82) is 0 Å². The van der Waals surface area contributed by atoms with Gasteiger partial charge in [-0.1, -0.05) is 141 Å². The average molecular weight is 1030 g/mol. The van der Waals surface area contributed by atoms with Crippen LogP contribution in [0.15, 0.2) is 152 Å². The molecule has 0 spiro atoms. The van der Waals surface area contributed by atoms with Gasteiger partial charge in [0.1, 0.15) is 11.5 Å². The van der Waals surface area contributed by atoms with E-state index in [0.717, 1.165) is 27.4 Å². The molecule has 6 nitrogen and oxygen atoms in total. The Labute approximate surface area is 414 Å². The summed E-state index contributed by atoms with van der Waals surface area (Å²) in [4.78, 5) is 9.22. The fourth-order valence-electron chi connectivity index (χ4n) is 7.59. The number of aromatic nitrogens is 3. The molecule has 7 heteroatoms. The molecular formula is C57H49N5OPt+2. The van der Waals surface area contributed by atoms with Crippen LogP contribution in [-0.4, -0.2) is 20.5 Å². The summed E-state index contributed by atoms with van der Waals surface area (Å²) in [5.41, 5.74) is -1.41. The third-order valence-corrected chi connectivity index (χ3v) is 10.8. The molecule has 9 aromatic rings. The average Bonchev–Trinajstić information content (AvgIpc) is 3.97. The van der Waals surface area contributed by atoms with Crippen molar-refractivity contribution in [2.45, 2.75) is 66.1 Å². The van der Waals surface area contributed by atoms with Crippen LogP contribution in [0.5, 0.6) is 11.5 Å². The molecule has 4 heterocycles. The normalized spacial score (nSPS) is 16.7. The minimum absolute atomic E-state index is 0. The van der Waals surface area contributed by atoms with E-state index in [2.05, 4.69) is 43.9 Å². The molecule has 0 aliphatic carbocycles. The Morgan fingerprint density at radius 2 is 1.33 bits per heavy atom. The van der Waals surface area contributed by atoms with E-state index in [1.807, 2.05) is 61.7 Å². The van der Waals surface area contributed by atoms with Gasteiger partial charge in [0.25, 0.3) is 11.4 Å². The van der Waals surface area contributed by atoms with Crippen LogP contribution < -0.4 is 13.9 Å². The van der Waals surface area contributed by atoms with Gasteiger partial charge >= 0.3 is 27.1 Å². The fraction of sp³-hybridized carbons (Fsp3) is 0.175. The first-order valence-corrected chi connectivity index (χ1v) is 20.2. The smallest absolute Gasteiger partial charge is 0.509 e. The molecule has 0 amide bonds. The maximum absolute atomic E-state index is 9.51. The van der Waals surface area contributed by atoms with Gasteiger partial charge in [-0.2, -0.15) is 6.07 Å². The first kappa shape index (κ1) is 26.8. The SMILES string of the molecule is [2H]c1c([2H])c(-c2c([2H])c([2H])c(C([2H])([2H])[2H])c([2H])c2[2H])c([N+]2=C=[N+](c3[c-]c(Oc4[c-]c5c(cc4)c4ccncc4n5-c4cc(C(C)(C)C)ccn4)cc(C(C)(C)C)c3)c3ccccc32)c(-c2c([2H])c([2H])c(C([2H])([2H])[2H])c([2H])c2[2H])c1[2H].[Pt+2]. The summed E-state index contributed by atoms with van der Waals surface area (Å²) in [6, 6.07) is 19.8. The molecule has 0 radical (unpaired) electrons. The summed E-state index contributed by atoms with van der Waals surface area (Å²) in [5.74, 6) is 1.20. The molecule has 6 aromatic carbocycles. The van der Waals surface area contributed by atoms with E-state index in [4.69, 9.17) is 23.4 Å². The van der Waals surface area contributed by atoms with Crippen molar-refractivity contribution in [2.75, 3.05) is 0 Å². The molecule has 3 aromatic heterocycles. The number of hydrogen-bond acceptors (Lipinski definition) is 3. The number of rotatable bonds is 7. The summed E-state index contributed by atoms with van der Waals surface area (Å²) in [5, 5.41) is 1.79. The number of hydrogen-bond donors (Lipinski definition) is 0. The van der Waals surface area contributed by atoms with E-state index < -0.39 is 125 Å². The standard InChI is InChI=1S/C57H49N5O.Pt/c1-37-16-20-39(21-17-37)46-12-11-13-47(40-22-18-38(2)19-23-40)55(46)61-36-60(50-14-9-10-15-51(50)61)43-30-42(57(6,7)8)31-45(33-43)63-44-24-25-48-49-27-28-58-35-53(49)62(52(48)34-44)54-32-41(26-29-59-54)56(3,4)5;/h9-32,35H,1-8H3;/q;+2/i1D3,2D3,11D,12D,13D,16D,17D,18D,19D,20D,21D,22D,23D;. The van der Waals surface area contributed by atoms with E-state index in [1.165, 1.54) is 4.58 Å². The summed E-state index contributed by atoms with van der Waals surface area (Å²) in [7, 11) is 0. The summed E-state index contributed by atoms with van der Waals surface area (Å²) >= 11 is 0. The van der Waals surface area contributed by atoms with Crippen molar-refractivity contribution in [3.63, 3.8) is 0 Å². The maximum atomic E-state index is 9.51. The van der Waals surface area contributed by atoms with E-state index >= 15 is 0 Å². The van der Waals surface area contributed by atoms with Gasteiger partial charge in [-0.05, 0) is 81.5 Å². The van der Waals surface area contributed by atoms with Gasteiger partial charge in [0.2, 0.25) is 5.69 Å². The maximum Gasteiger partial charge on any atom is 2.00 e. The van der Waals surface area contributed by atoms with Crippen molar-refractivity contribution in [1.82, 2.24) is 23.7 Å². The zero-order valence-electron chi connectivity index (χ0n) is 52.5. The summed E-state index contributed by atoms with van der Waals surface area (Å²) < 4.78 is 161. The monoisotopic (exact) mass is 1030 g/mol. The molecular weight excluding hydrogens is 966 g/mol. The van der Waals surface area contributed by atoms with Crippen LogP contribution in [0.1, 0.15) is 87.1 Å².